The van der Waals surface area contributed by atoms with E-state index in [0.717, 1.165) is 16.0 Å². The molecule has 0 unspecified atom stereocenters. The maximum absolute atomic E-state index is 13.0. The second-order valence-electron chi connectivity index (χ2n) is 6.60. The maximum Gasteiger partial charge on any atom is 0.324 e. The third-order valence-corrected chi connectivity index (χ3v) is 5.03. The predicted molar refractivity (Wildman–Crippen MR) is 91.1 cm³/mol. The molecule has 2 aliphatic heterocycles. The van der Waals surface area contributed by atoms with E-state index in [-0.39, 0.29) is 5.91 Å². The summed E-state index contributed by atoms with van der Waals surface area (Å²) in [4.78, 5) is 39.6. The van der Waals surface area contributed by atoms with Crippen LogP contribution >= 0.6 is 0 Å². The summed E-state index contributed by atoms with van der Waals surface area (Å²) in [6, 6.07) is 14.2. The van der Waals surface area contributed by atoms with Gasteiger partial charge in [0.2, 0.25) is 11.8 Å². The molecule has 0 saturated carbocycles. The zero-order valence-electron chi connectivity index (χ0n) is 13.9. The molecule has 0 bridgehead atoms. The molecule has 1 fully saturated rings. The van der Waals surface area contributed by atoms with Crippen LogP contribution in [0.3, 0.4) is 0 Å². The van der Waals surface area contributed by atoms with Gasteiger partial charge in [0.05, 0.1) is 5.69 Å². The Bertz CT molecular complexity index is 887. The largest absolute Gasteiger partial charge is 0.426 e. The number of amides is 2. The Morgan fingerprint density at radius 3 is 2.32 bits per heavy atom. The molecule has 2 aromatic rings. The molecule has 5 heteroatoms. The van der Waals surface area contributed by atoms with Gasteiger partial charge in [-0.25, -0.2) is 4.90 Å². The van der Waals surface area contributed by atoms with Gasteiger partial charge < -0.3 is 4.74 Å². The third-order valence-electron chi connectivity index (χ3n) is 5.03. The lowest BCUT2D eigenvalue weighted by Crippen LogP contribution is -2.57. The lowest BCUT2D eigenvalue weighted by atomic mass is 9.72. The Morgan fingerprint density at radius 1 is 0.920 bits per heavy atom. The lowest BCUT2D eigenvalue weighted by molar-refractivity contribution is -0.151. The molecule has 0 aromatic heterocycles. The Labute approximate surface area is 145 Å². The van der Waals surface area contributed by atoms with Gasteiger partial charge >= 0.3 is 5.97 Å². The first kappa shape index (κ1) is 15.6. The number of esters is 1. The number of carbonyl (C=O) groups excluding carboxylic acids is 3. The molecule has 5 nitrogen and oxygen atoms in total. The van der Waals surface area contributed by atoms with Crippen LogP contribution in [0.5, 0.6) is 5.75 Å². The van der Waals surface area contributed by atoms with Crippen molar-refractivity contribution in [2.24, 2.45) is 11.8 Å². The number of hydrogen-bond acceptors (Lipinski definition) is 4. The number of carbonyl (C=O) groups is 3. The molecule has 126 valence electrons. The summed E-state index contributed by atoms with van der Waals surface area (Å²) in [5.41, 5.74) is 2.25. The normalized spacial score (nSPS) is 25.3. The van der Waals surface area contributed by atoms with Crippen LogP contribution in [-0.4, -0.2) is 17.8 Å². The maximum atomic E-state index is 13.0. The third kappa shape index (κ3) is 2.27. The van der Waals surface area contributed by atoms with Crippen LogP contribution in [0, 0.1) is 18.8 Å². The predicted octanol–water partition coefficient (Wildman–Crippen LogP) is 2.82. The zero-order valence-corrected chi connectivity index (χ0v) is 13.9. The first-order valence-electron chi connectivity index (χ1n) is 8.24. The number of rotatable bonds is 1. The van der Waals surface area contributed by atoms with Gasteiger partial charge in [-0.3, -0.25) is 14.4 Å². The standard InChI is InChI=1S/C20H17NO4/c1-11-7-9-13(10-8-11)21-18(22)12(2)16-14-5-3-4-6-15(14)25-20(24)17(16)19(21)23/h3-10,12,16-17H,1-2H3/t12-,16-,17-/m0/s1. The number of benzene rings is 2. The number of anilines is 1. The van der Waals surface area contributed by atoms with E-state index in [1.54, 1.807) is 31.2 Å². The molecule has 2 amide bonds. The summed E-state index contributed by atoms with van der Waals surface area (Å²) in [7, 11) is 0. The molecule has 3 atom stereocenters. The van der Waals surface area contributed by atoms with Gasteiger partial charge in [-0.2, -0.15) is 0 Å². The molecule has 0 N–H and O–H groups in total. The van der Waals surface area contributed by atoms with E-state index in [1.807, 2.05) is 31.2 Å². The summed E-state index contributed by atoms with van der Waals surface area (Å²) in [5, 5.41) is 0. The molecule has 0 spiro atoms. The molecule has 25 heavy (non-hydrogen) atoms. The Morgan fingerprint density at radius 2 is 1.60 bits per heavy atom. The van der Waals surface area contributed by atoms with Gasteiger partial charge in [-0.05, 0) is 25.1 Å². The van der Waals surface area contributed by atoms with Crippen LogP contribution in [0.15, 0.2) is 48.5 Å². The fraction of sp³-hybridized carbons (Fsp3) is 0.250. The van der Waals surface area contributed by atoms with E-state index in [0.29, 0.717) is 11.4 Å². The number of fused-ring (bicyclic) bond motifs is 3. The number of nitrogens with zero attached hydrogens (tertiary/aromatic N) is 1. The van der Waals surface area contributed by atoms with E-state index >= 15 is 0 Å². The highest BCUT2D eigenvalue weighted by atomic mass is 16.5. The van der Waals surface area contributed by atoms with E-state index < -0.39 is 29.6 Å². The summed E-state index contributed by atoms with van der Waals surface area (Å²) >= 11 is 0. The average Bonchev–Trinajstić information content (AvgIpc) is 2.60. The summed E-state index contributed by atoms with van der Waals surface area (Å²) in [6.07, 6.45) is 0. The van der Waals surface area contributed by atoms with Crippen molar-refractivity contribution in [1.29, 1.82) is 0 Å². The molecule has 0 aliphatic carbocycles. The first-order chi connectivity index (χ1) is 12.0. The van der Waals surface area contributed by atoms with Crippen molar-refractivity contribution in [1.82, 2.24) is 0 Å². The highest BCUT2D eigenvalue weighted by molar-refractivity contribution is 6.23. The second-order valence-corrected chi connectivity index (χ2v) is 6.60. The van der Waals surface area contributed by atoms with Crippen LogP contribution < -0.4 is 9.64 Å². The minimum Gasteiger partial charge on any atom is -0.426 e. The molecule has 2 heterocycles. The van der Waals surface area contributed by atoms with Crippen molar-refractivity contribution in [3.8, 4) is 5.75 Å². The summed E-state index contributed by atoms with van der Waals surface area (Å²) in [6.45, 7) is 3.70. The van der Waals surface area contributed by atoms with Crippen molar-refractivity contribution < 1.29 is 19.1 Å². The molecule has 2 aromatic carbocycles. The van der Waals surface area contributed by atoms with Gasteiger partial charge in [-0.1, -0.05) is 42.8 Å². The molecular formula is C20H17NO4. The number of hydrogen-bond donors (Lipinski definition) is 0. The zero-order chi connectivity index (χ0) is 17.7. The van der Waals surface area contributed by atoms with Crippen LogP contribution in [0.4, 0.5) is 5.69 Å². The van der Waals surface area contributed by atoms with E-state index in [1.165, 1.54) is 0 Å². The number of aryl methyl sites for hydroxylation is 1. The monoisotopic (exact) mass is 335 g/mol. The summed E-state index contributed by atoms with van der Waals surface area (Å²) in [5.74, 6) is -2.95. The topological polar surface area (TPSA) is 63.7 Å². The van der Waals surface area contributed by atoms with E-state index in [2.05, 4.69) is 0 Å². The van der Waals surface area contributed by atoms with Crippen molar-refractivity contribution in [2.75, 3.05) is 4.90 Å². The highest BCUT2D eigenvalue weighted by Crippen LogP contribution is 2.46. The van der Waals surface area contributed by atoms with Gasteiger partial charge in [0.25, 0.3) is 0 Å². The molecule has 2 aliphatic rings. The number of piperidine rings is 1. The van der Waals surface area contributed by atoms with Crippen LogP contribution in [0.25, 0.3) is 0 Å². The Hall–Kier alpha value is -2.95. The summed E-state index contributed by atoms with van der Waals surface area (Å²) < 4.78 is 5.36. The minimum absolute atomic E-state index is 0.292. The highest BCUT2D eigenvalue weighted by Gasteiger charge is 2.54. The van der Waals surface area contributed by atoms with Gasteiger partial charge in [0.15, 0.2) is 0 Å². The van der Waals surface area contributed by atoms with E-state index in [9.17, 15) is 14.4 Å². The molecule has 0 radical (unpaired) electrons. The quantitative estimate of drug-likeness (QED) is 0.348. The van der Waals surface area contributed by atoms with Gasteiger partial charge in [0.1, 0.15) is 11.7 Å². The Balaban J connectivity index is 1.81. The first-order valence-corrected chi connectivity index (χ1v) is 8.24. The minimum atomic E-state index is -0.996. The van der Waals surface area contributed by atoms with Crippen LogP contribution in [-0.2, 0) is 14.4 Å². The van der Waals surface area contributed by atoms with Gasteiger partial charge in [-0.15, -0.1) is 0 Å². The Kier molecular flexibility index (Phi) is 3.46. The lowest BCUT2D eigenvalue weighted by Gasteiger charge is -2.41. The number of para-hydroxylation sites is 1. The average molecular weight is 335 g/mol. The van der Waals surface area contributed by atoms with Crippen molar-refractivity contribution in [3.05, 3.63) is 59.7 Å². The van der Waals surface area contributed by atoms with Gasteiger partial charge in [0, 0.05) is 17.4 Å². The molecule has 1 saturated heterocycles. The molecular weight excluding hydrogens is 318 g/mol. The van der Waals surface area contributed by atoms with Crippen molar-refractivity contribution >= 4 is 23.5 Å². The smallest absolute Gasteiger partial charge is 0.324 e. The van der Waals surface area contributed by atoms with E-state index in [4.69, 9.17) is 4.74 Å². The second kappa shape index (κ2) is 5.55. The number of imide groups is 1. The number of ether oxygens (including phenoxy) is 1. The van der Waals surface area contributed by atoms with Crippen LogP contribution in [0.2, 0.25) is 0 Å². The SMILES string of the molecule is Cc1ccc(N2C(=O)[C@H]3C(=O)Oc4ccccc4[C@@H]3[C@H](C)C2=O)cc1. The van der Waals surface area contributed by atoms with Crippen molar-refractivity contribution in [2.45, 2.75) is 19.8 Å². The fourth-order valence-corrected chi connectivity index (χ4v) is 3.71. The van der Waals surface area contributed by atoms with Crippen LogP contribution in [0.1, 0.15) is 24.0 Å². The van der Waals surface area contributed by atoms with Crippen molar-refractivity contribution in [3.63, 3.8) is 0 Å². The fourth-order valence-electron chi connectivity index (χ4n) is 3.71. The molecule has 4 rings (SSSR count).